The zero-order valence-corrected chi connectivity index (χ0v) is 20.3. The van der Waals surface area contributed by atoms with Crippen LogP contribution in [-0.4, -0.2) is 32.3 Å². The molecule has 2 atom stereocenters. The van der Waals surface area contributed by atoms with E-state index in [2.05, 4.69) is 17.4 Å². The Bertz CT molecular complexity index is 1380. The summed E-state index contributed by atoms with van der Waals surface area (Å²) in [6.45, 7) is 4.42. The van der Waals surface area contributed by atoms with Crippen LogP contribution in [-0.2, 0) is 24.8 Å². The average molecular weight is 467 g/mol. The van der Waals surface area contributed by atoms with Gasteiger partial charge in [-0.05, 0) is 41.7 Å². The summed E-state index contributed by atoms with van der Waals surface area (Å²) in [5, 5.41) is 3.27. The second-order valence-corrected chi connectivity index (χ2v) is 9.55. The number of carbonyl (C=O) groups is 2. The van der Waals surface area contributed by atoms with E-state index >= 15 is 0 Å². The van der Waals surface area contributed by atoms with Crippen molar-refractivity contribution in [2.24, 2.45) is 13.0 Å². The third kappa shape index (κ3) is 4.32. The van der Waals surface area contributed by atoms with Crippen LogP contribution in [0.15, 0.2) is 78.9 Å². The van der Waals surface area contributed by atoms with Crippen LogP contribution in [0, 0.1) is 5.92 Å². The normalized spacial score (nSPS) is 14.9. The molecule has 5 rings (SSSR count). The van der Waals surface area contributed by atoms with E-state index in [1.54, 1.807) is 4.90 Å². The van der Waals surface area contributed by atoms with E-state index < -0.39 is 6.04 Å². The van der Waals surface area contributed by atoms with Gasteiger partial charge in [0.15, 0.2) is 0 Å². The number of benzene rings is 3. The summed E-state index contributed by atoms with van der Waals surface area (Å²) in [7, 11) is 1.98. The Morgan fingerprint density at radius 2 is 1.66 bits per heavy atom. The van der Waals surface area contributed by atoms with Gasteiger partial charge in [0.2, 0.25) is 5.91 Å². The molecule has 35 heavy (non-hydrogen) atoms. The van der Waals surface area contributed by atoms with Gasteiger partial charge >= 0.3 is 0 Å². The van der Waals surface area contributed by atoms with E-state index in [1.807, 2.05) is 92.2 Å². The highest BCUT2D eigenvalue weighted by Gasteiger charge is 2.39. The van der Waals surface area contributed by atoms with Crippen LogP contribution >= 0.6 is 0 Å². The van der Waals surface area contributed by atoms with Crippen LogP contribution in [0.2, 0.25) is 0 Å². The molecule has 1 aliphatic rings. The van der Waals surface area contributed by atoms with Crippen LogP contribution in [0.1, 0.15) is 47.2 Å². The van der Waals surface area contributed by atoms with Gasteiger partial charge in [-0.15, -0.1) is 0 Å². The first-order valence-electron chi connectivity index (χ1n) is 12.1. The zero-order valence-electron chi connectivity index (χ0n) is 20.3. The third-order valence-corrected chi connectivity index (χ3v) is 6.82. The summed E-state index contributed by atoms with van der Waals surface area (Å²) in [6, 6.07) is 24.7. The molecule has 1 aromatic heterocycles. The topological polar surface area (TPSA) is 67.2 Å². The second kappa shape index (κ2) is 9.37. The highest BCUT2D eigenvalue weighted by atomic mass is 16.2. The summed E-state index contributed by atoms with van der Waals surface area (Å²) in [5.41, 5.74) is 4.66. The largest absolute Gasteiger partial charge is 0.344 e. The van der Waals surface area contributed by atoms with Crippen molar-refractivity contribution >= 4 is 22.8 Å². The molecule has 0 saturated carbocycles. The first-order valence-corrected chi connectivity index (χ1v) is 12.1. The number of hydrogen-bond acceptors (Lipinski definition) is 3. The first kappa shape index (κ1) is 22.8. The fourth-order valence-electron chi connectivity index (χ4n) is 5.10. The lowest BCUT2D eigenvalue weighted by Gasteiger charge is -2.31. The molecule has 6 nitrogen and oxygen atoms in total. The molecule has 2 heterocycles. The van der Waals surface area contributed by atoms with Crippen molar-refractivity contribution in [3.63, 3.8) is 0 Å². The number of para-hydroxylation sites is 2. The van der Waals surface area contributed by atoms with Gasteiger partial charge in [0.05, 0.1) is 17.1 Å². The first-order chi connectivity index (χ1) is 16.9. The minimum atomic E-state index is -0.581. The number of rotatable bonds is 7. The predicted molar refractivity (Wildman–Crippen MR) is 137 cm³/mol. The number of hydrogen-bond donors (Lipinski definition) is 1. The van der Waals surface area contributed by atoms with Gasteiger partial charge in [-0.3, -0.25) is 9.59 Å². The number of imidazole rings is 1. The molecule has 0 spiro atoms. The second-order valence-electron chi connectivity index (χ2n) is 9.55. The van der Waals surface area contributed by atoms with Crippen LogP contribution in [0.4, 0.5) is 0 Å². The van der Waals surface area contributed by atoms with E-state index in [4.69, 9.17) is 4.98 Å². The number of nitrogens with one attached hydrogen (secondary N) is 1. The number of amides is 2. The average Bonchev–Trinajstić information content (AvgIpc) is 3.36. The fraction of sp³-hybridized carbons (Fsp3) is 0.276. The van der Waals surface area contributed by atoms with Crippen molar-refractivity contribution in [1.82, 2.24) is 19.8 Å². The fourth-order valence-corrected chi connectivity index (χ4v) is 5.10. The molecule has 2 unspecified atom stereocenters. The van der Waals surface area contributed by atoms with Gasteiger partial charge in [0.25, 0.3) is 5.91 Å². The summed E-state index contributed by atoms with van der Waals surface area (Å²) >= 11 is 0. The molecule has 0 saturated heterocycles. The zero-order chi connectivity index (χ0) is 24.5. The number of aromatic nitrogens is 2. The Morgan fingerprint density at radius 3 is 2.37 bits per heavy atom. The van der Waals surface area contributed by atoms with Gasteiger partial charge in [-0.2, -0.15) is 0 Å². The van der Waals surface area contributed by atoms with E-state index in [9.17, 15) is 9.59 Å². The smallest absolute Gasteiger partial charge is 0.255 e. The molecule has 0 aliphatic carbocycles. The molecule has 4 aromatic rings. The molecular formula is C29H30N4O2. The lowest BCUT2D eigenvalue weighted by molar-refractivity contribution is -0.128. The maximum absolute atomic E-state index is 13.8. The van der Waals surface area contributed by atoms with Crippen molar-refractivity contribution in [2.45, 2.75) is 38.9 Å². The molecule has 1 N–H and O–H groups in total. The molecule has 178 valence electrons. The maximum atomic E-state index is 13.8. The standard InChI is InChI=1S/C29H30N4O2/c1-19(2)26(33-18-21-13-7-8-14-22(21)29(33)35)28(34)31-24(17-20-11-5-4-6-12-20)27-30-23-15-9-10-16-25(23)32(27)3/h4-16,19,24,26H,17-18H2,1-3H3,(H,31,34). The minimum absolute atomic E-state index is 0.0499. The molecule has 0 bridgehead atoms. The highest BCUT2D eigenvalue weighted by molar-refractivity contribution is 6.01. The summed E-state index contributed by atoms with van der Waals surface area (Å²) in [5.74, 6) is 0.499. The monoisotopic (exact) mass is 466 g/mol. The number of nitrogens with zero attached hydrogens (tertiary/aromatic N) is 3. The van der Waals surface area contributed by atoms with Gasteiger partial charge in [-0.25, -0.2) is 4.98 Å². The molecule has 0 radical (unpaired) electrons. The molecule has 0 fully saturated rings. The Kier molecular flexibility index (Phi) is 6.12. The SMILES string of the molecule is CC(C)C(C(=O)NC(Cc1ccccc1)c1nc2ccccc2n1C)N1Cc2ccccc2C1=O. The quantitative estimate of drug-likeness (QED) is 0.431. The van der Waals surface area contributed by atoms with Crippen LogP contribution in [0.25, 0.3) is 11.0 Å². The predicted octanol–water partition coefficient (Wildman–Crippen LogP) is 4.65. The third-order valence-electron chi connectivity index (χ3n) is 6.82. The van der Waals surface area contributed by atoms with Gasteiger partial charge < -0.3 is 14.8 Å². The molecule has 3 aromatic carbocycles. The Labute approximate surface area is 205 Å². The summed E-state index contributed by atoms with van der Waals surface area (Å²) in [6.07, 6.45) is 0.600. The van der Waals surface area contributed by atoms with Crippen LogP contribution < -0.4 is 5.32 Å². The number of carbonyl (C=O) groups excluding carboxylic acids is 2. The molecule has 1 aliphatic heterocycles. The molecule has 6 heteroatoms. The van der Waals surface area contributed by atoms with E-state index in [1.165, 1.54) is 0 Å². The lowest BCUT2D eigenvalue weighted by Crippen LogP contribution is -2.51. The lowest BCUT2D eigenvalue weighted by atomic mass is 9.99. The van der Waals surface area contributed by atoms with Crippen molar-refractivity contribution in [3.8, 4) is 0 Å². The number of aryl methyl sites for hydroxylation is 1. The Morgan fingerprint density at radius 1 is 0.971 bits per heavy atom. The van der Waals surface area contributed by atoms with E-state index in [0.29, 0.717) is 18.5 Å². The maximum Gasteiger partial charge on any atom is 0.255 e. The summed E-state index contributed by atoms with van der Waals surface area (Å²) < 4.78 is 2.05. The molecule has 2 amide bonds. The van der Waals surface area contributed by atoms with Crippen molar-refractivity contribution < 1.29 is 9.59 Å². The van der Waals surface area contributed by atoms with Crippen LogP contribution in [0.5, 0.6) is 0 Å². The summed E-state index contributed by atoms with van der Waals surface area (Å²) in [4.78, 5) is 33.6. The highest BCUT2D eigenvalue weighted by Crippen LogP contribution is 2.28. The van der Waals surface area contributed by atoms with Gasteiger partial charge in [0, 0.05) is 19.2 Å². The van der Waals surface area contributed by atoms with E-state index in [0.717, 1.165) is 28.0 Å². The Balaban J connectivity index is 1.47. The van der Waals surface area contributed by atoms with Crippen molar-refractivity contribution in [3.05, 3.63) is 101 Å². The van der Waals surface area contributed by atoms with Gasteiger partial charge in [0.1, 0.15) is 11.9 Å². The minimum Gasteiger partial charge on any atom is -0.344 e. The number of fused-ring (bicyclic) bond motifs is 2. The van der Waals surface area contributed by atoms with E-state index in [-0.39, 0.29) is 23.8 Å². The van der Waals surface area contributed by atoms with Crippen molar-refractivity contribution in [2.75, 3.05) is 0 Å². The molecular weight excluding hydrogens is 436 g/mol. The Hall–Kier alpha value is -3.93. The van der Waals surface area contributed by atoms with Crippen LogP contribution in [0.3, 0.4) is 0 Å². The van der Waals surface area contributed by atoms with Crippen molar-refractivity contribution in [1.29, 1.82) is 0 Å². The van der Waals surface area contributed by atoms with Gasteiger partial charge in [-0.1, -0.05) is 74.5 Å².